The average Bonchev–Trinajstić information content (AvgIpc) is 2.71. The number of sulfonamides is 1. The van der Waals surface area contributed by atoms with Gasteiger partial charge in [-0.2, -0.15) is 0 Å². The van der Waals surface area contributed by atoms with E-state index in [-0.39, 0.29) is 16.6 Å². The lowest BCUT2D eigenvalue weighted by molar-refractivity contribution is 0.0988. The Bertz CT molecular complexity index is 1110. The molecule has 0 unspecified atom stereocenters. The molecule has 1 N–H and O–H groups in total. The lowest BCUT2D eigenvalue weighted by Gasteiger charge is -2.21. The summed E-state index contributed by atoms with van der Waals surface area (Å²) in [7, 11) is -3.78. The van der Waals surface area contributed by atoms with Gasteiger partial charge in [0.1, 0.15) is 5.82 Å². The number of anilines is 2. The standard InChI is InChI=1S/C22H21FN2O3S/c1-3-25(19-12-10-18(23)11-13-19)22(26)17-8-14-20(15-9-17)29(27,28)24-21-7-5-4-6-16(21)2/h4-15,24H,3H2,1-2H3. The maximum absolute atomic E-state index is 13.1. The van der Waals surface area contributed by atoms with Gasteiger partial charge < -0.3 is 4.90 Å². The minimum atomic E-state index is -3.78. The smallest absolute Gasteiger partial charge is 0.261 e. The first-order chi connectivity index (χ1) is 13.8. The highest BCUT2D eigenvalue weighted by Crippen LogP contribution is 2.21. The Labute approximate surface area is 169 Å². The van der Waals surface area contributed by atoms with Crippen LogP contribution in [0.15, 0.2) is 77.7 Å². The summed E-state index contributed by atoms with van der Waals surface area (Å²) in [4.78, 5) is 14.4. The van der Waals surface area contributed by atoms with Gasteiger partial charge in [-0.15, -0.1) is 0 Å². The minimum Gasteiger partial charge on any atom is -0.309 e. The van der Waals surface area contributed by atoms with Crippen molar-refractivity contribution in [1.82, 2.24) is 0 Å². The van der Waals surface area contributed by atoms with Gasteiger partial charge in [0.15, 0.2) is 0 Å². The van der Waals surface area contributed by atoms with Crippen molar-refractivity contribution >= 4 is 27.3 Å². The first-order valence-corrected chi connectivity index (χ1v) is 10.6. The molecule has 3 aromatic carbocycles. The Morgan fingerprint density at radius 2 is 1.59 bits per heavy atom. The molecule has 0 aliphatic heterocycles. The highest BCUT2D eigenvalue weighted by atomic mass is 32.2. The number of amides is 1. The number of nitrogens with zero attached hydrogens (tertiary/aromatic N) is 1. The third kappa shape index (κ3) is 4.63. The molecular formula is C22H21FN2O3S. The van der Waals surface area contributed by atoms with E-state index < -0.39 is 10.0 Å². The van der Waals surface area contributed by atoms with Crippen molar-refractivity contribution in [3.63, 3.8) is 0 Å². The molecule has 0 spiro atoms. The molecule has 0 heterocycles. The second-order valence-electron chi connectivity index (χ2n) is 6.47. The van der Waals surface area contributed by atoms with E-state index in [4.69, 9.17) is 0 Å². The van der Waals surface area contributed by atoms with E-state index >= 15 is 0 Å². The Balaban J connectivity index is 1.82. The highest BCUT2D eigenvalue weighted by Gasteiger charge is 2.19. The van der Waals surface area contributed by atoms with Crippen molar-refractivity contribution in [3.8, 4) is 0 Å². The van der Waals surface area contributed by atoms with Crippen molar-refractivity contribution in [1.29, 1.82) is 0 Å². The first-order valence-electron chi connectivity index (χ1n) is 9.08. The van der Waals surface area contributed by atoms with Crippen LogP contribution in [0.4, 0.5) is 15.8 Å². The number of aryl methyl sites for hydroxylation is 1. The average molecular weight is 412 g/mol. The molecule has 29 heavy (non-hydrogen) atoms. The van der Waals surface area contributed by atoms with E-state index in [9.17, 15) is 17.6 Å². The van der Waals surface area contributed by atoms with Crippen molar-refractivity contribution in [3.05, 3.63) is 89.7 Å². The second kappa shape index (κ2) is 8.45. The van der Waals surface area contributed by atoms with E-state index in [0.717, 1.165) is 5.56 Å². The monoisotopic (exact) mass is 412 g/mol. The number of para-hydroxylation sites is 1. The SMILES string of the molecule is CCN(C(=O)c1ccc(S(=O)(=O)Nc2ccccc2C)cc1)c1ccc(F)cc1. The second-order valence-corrected chi connectivity index (χ2v) is 8.15. The number of halogens is 1. The fourth-order valence-corrected chi connectivity index (χ4v) is 4.02. The lowest BCUT2D eigenvalue weighted by Crippen LogP contribution is -2.30. The first kappa shape index (κ1) is 20.5. The number of rotatable bonds is 6. The third-order valence-electron chi connectivity index (χ3n) is 4.50. The van der Waals surface area contributed by atoms with E-state index in [1.165, 1.54) is 53.4 Å². The molecule has 0 saturated carbocycles. The number of benzene rings is 3. The molecule has 150 valence electrons. The summed E-state index contributed by atoms with van der Waals surface area (Å²) < 4.78 is 41.0. The summed E-state index contributed by atoms with van der Waals surface area (Å²) in [5, 5.41) is 0. The number of hydrogen-bond donors (Lipinski definition) is 1. The molecule has 0 atom stereocenters. The normalized spacial score (nSPS) is 11.1. The van der Waals surface area contributed by atoms with Crippen molar-refractivity contribution in [2.75, 3.05) is 16.2 Å². The maximum atomic E-state index is 13.1. The van der Waals surface area contributed by atoms with Crippen LogP contribution in [0.1, 0.15) is 22.8 Å². The van der Waals surface area contributed by atoms with Crippen LogP contribution in [-0.4, -0.2) is 20.9 Å². The number of carbonyl (C=O) groups excluding carboxylic acids is 1. The summed E-state index contributed by atoms with van der Waals surface area (Å²) in [5.74, 6) is -0.678. The van der Waals surface area contributed by atoms with Gasteiger partial charge in [-0.3, -0.25) is 9.52 Å². The number of carbonyl (C=O) groups is 1. The molecule has 0 aliphatic carbocycles. The van der Waals surface area contributed by atoms with E-state index in [1.807, 2.05) is 26.0 Å². The molecule has 7 heteroatoms. The van der Waals surface area contributed by atoms with Crippen molar-refractivity contribution < 1.29 is 17.6 Å². The van der Waals surface area contributed by atoms with Crippen LogP contribution in [0.25, 0.3) is 0 Å². The Morgan fingerprint density at radius 3 is 2.17 bits per heavy atom. The fourth-order valence-electron chi connectivity index (χ4n) is 2.89. The van der Waals surface area contributed by atoms with Crippen LogP contribution in [0.2, 0.25) is 0 Å². The highest BCUT2D eigenvalue weighted by molar-refractivity contribution is 7.92. The van der Waals surface area contributed by atoms with Crippen LogP contribution in [0, 0.1) is 12.7 Å². The predicted octanol–water partition coefficient (Wildman–Crippen LogP) is 4.60. The predicted molar refractivity (Wildman–Crippen MR) is 112 cm³/mol. The molecule has 0 radical (unpaired) electrons. The molecule has 3 rings (SSSR count). The van der Waals surface area contributed by atoms with Crippen LogP contribution in [-0.2, 0) is 10.0 Å². The van der Waals surface area contributed by atoms with Crippen LogP contribution < -0.4 is 9.62 Å². The zero-order valence-electron chi connectivity index (χ0n) is 16.1. The molecule has 0 aliphatic rings. The molecule has 0 aromatic heterocycles. The van der Waals surface area contributed by atoms with Gasteiger partial charge in [-0.25, -0.2) is 12.8 Å². The Kier molecular flexibility index (Phi) is 5.98. The number of hydrogen-bond acceptors (Lipinski definition) is 3. The van der Waals surface area contributed by atoms with Gasteiger partial charge >= 0.3 is 0 Å². The summed E-state index contributed by atoms with van der Waals surface area (Å²) in [6, 6.07) is 18.5. The fraction of sp³-hybridized carbons (Fsp3) is 0.136. The van der Waals surface area contributed by atoms with E-state index in [0.29, 0.717) is 23.5 Å². The zero-order valence-corrected chi connectivity index (χ0v) is 16.9. The summed E-state index contributed by atoms with van der Waals surface area (Å²) in [6.45, 7) is 4.01. The van der Waals surface area contributed by atoms with Gasteiger partial charge in [0.05, 0.1) is 10.6 Å². The van der Waals surface area contributed by atoms with Crippen LogP contribution >= 0.6 is 0 Å². The van der Waals surface area contributed by atoms with Crippen LogP contribution in [0.5, 0.6) is 0 Å². The van der Waals surface area contributed by atoms with Gasteiger partial charge in [0.25, 0.3) is 15.9 Å². The van der Waals surface area contributed by atoms with Crippen molar-refractivity contribution in [2.45, 2.75) is 18.7 Å². The quantitative estimate of drug-likeness (QED) is 0.643. The topological polar surface area (TPSA) is 66.5 Å². The van der Waals surface area contributed by atoms with E-state index in [2.05, 4.69) is 4.72 Å². The molecule has 0 bridgehead atoms. The van der Waals surface area contributed by atoms with Gasteiger partial charge in [-0.1, -0.05) is 18.2 Å². The van der Waals surface area contributed by atoms with Crippen molar-refractivity contribution in [2.24, 2.45) is 0 Å². The molecule has 1 amide bonds. The van der Waals surface area contributed by atoms with Gasteiger partial charge in [-0.05, 0) is 74.0 Å². The maximum Gasteiger partial charge on any atom is 0.261 e. The molecule has 3 aromatic rings. The summed E-state index contributed by atoms with van der Waals surface area (Å²) in [6.07, 6.45) is 0. The summed E-state index contributed by atoms with van der Waals surface area (Å²) >= 11 is 0. The zero-order chi connectivity index (χ0) is 21.0. The molecular weight excluding hydrogens is 391 g/mol. The molecule has 0 saturated heterocycles. The largest absolute Gasteiger partial charge is 0.309 e. The van der Waals surface area contributed by atoms with Crippen LogP contribution in [0.3, 0.4) is 0 Å². The lowest BCUT2D eigenvalue weighted by atomic mass is 10.2. The van der Waals surface area contributed by atoms with E-state index in [1.54, 1.807) is 12.1 Å². The number of nitrogens with one attached hydrogen (secondary N) is 1. The van der Waals surface area contributed by atoms with Gasteiger partial charge in [0.2, 0.25) is 0 Å². The Hall–Kier alpha value is -3.19. The third-order valence-corrected chi connectivity index (χ3v) is 5.88. The van der Waals surface area contributed by atoms with Gasteiger partial charge in [0, 0.05) is 17.8 Å². The Morgan fingerprint density at radius 1 is 0.966 bits per heavy atom. The molecule has 0 fully saturated rings. The molecule has 5 nitrogen and oxygen atoms in total. The summed E-state index contributed by atoms with van der Waals surface area (Å²) in [5.41, 5.74) is 2.21. The minimum absolute atomic E-state index is 0.0575.